The molecule has 2 aliphatic rings. The van der Waals surface area contributed by atoms with E-state index in [4.69, 9.17) is 0 Å². The summed E-state index contributed by atoms with van der Waals surface area (Å²) in [6.45, 7) is 3.66. The van der Waals surface area contributed by atoms with Crippen LogP contribution in [0.2, 0.25) is 0 Å². The van der Waals surface area contributed by atoms with Crippen LogP contribution in [0.5, 0.6) is 0 Å². The van der Waals surface area contributed by atoms with E-state index < -0.39 is 0 Å². The molecule has 0 spiro atoms. The molecular formula is C15H31N3. The smallest absolute Gasteiger partial charge is 0.0327 e. The molecule has 1 aliphatic heterocycles. The summed E-state index contributed by atoms with van der Waals surface area (Å²) >= 11 is 0. The second kappa shape index (κ2) is 6.36. The number of hydrogen-bond acceptors (Lipinski definition) is 3. The Morgan fingerprint density at radius 1 is 1.22 bits per heavy atom. The largest absolute Gasteiger partial charge is 0.315 e. The summed E-state index contributed by atoms with van der Waals surface area (Å²) in [6, 6.07) is 0.822. The molecular weight excluding hydrogens is 222 g/mol. The van der Waals surface area contributed by atoms with Crippen LogP contribution in [0.4, 0.5) is 0 Å². The van der Waals surface area contributed by atoms with Crippen molar-refractivity contribution in [2.75, 3.05) is 40.8 Å². The molecule has 1 unspecified atom stereocenters. The minimum absolute atomic E-state index is 0.471. The van der Waals surface area contributed by atoms with Crippen LogP contribution in [0.1, 0.15) is 44.9 Å². The fraction of sp³-hybridized carbons (Fsp3) is 1.00. The fourth-order valence-electron chi connectivity index (χ4n) is 3.47. The number of rotatable bonds is 6. The van der Waals surface area contributed by atoms with Crippen molar-refractivity contribution in [3.63, 3.8) is 0 Å². The van der Waals surface area contributed by atoms with E-state index in [2.05, 4.69) is 36.3 Å². The summed E-state index contributed by atoms with van der Waals surface area (Å²) in [7, 11) is 6.75. The van der Waals surface area contributed by atoms with Gasteiger partial charge in [0.1, 0.15) is 0 Å². The second-order valence-corrected chi connectivity index (χ2v) is 6.57. The van der Waals surface area contributed by atoms with Gasteiger partial charge in [-0.1, -0.05) is 6.42 Å². The molecule has 1 aliphatic carbocycles. The van der Waals surface area contributed by atoms with E-state index in [1.165, 1.54) is 64.6 Å². The van der Waals surface area contributed by atoms with Crippen molar-refractivity contribution in [2.24, 2.45) is 0 Å². The van der Waals surface area contributed by atoms with Gasteiger partial charge in [-0.15, -0.1) is 0 Å². The first kappa shape index (κ1) is 14.3. The van der Waals surface area contributed by atoms with Gasteiger partial charge in [0.05, 0.1) is 0 Å². The highest BCUT2D eigenvalue weighted by atomic mass is 15.2. The van der Waals surface area contributed by atoms with Crippen LogP contribution >= 0.6 is 0 Å². The minimum Gasteiger partial charge on any atom is -0.315 e. The van der Waals surface area contributed by atoms with Crippen LogP contribution in [0.25, 0.3) is 0 Å². The molecule has 2 fully saturated rings. The number of nitrogens with zero attached hydrogens (tertiary/aromatic N) is 2. The van der Waals surface area contributed by atoms with Crippen molar-refractivity contribution in [1.82, 2.24) is 15.1 Å². The molecule has 3 nitrogen and oxygen atoms in total. The first-order chi connectivity index (χ1) is 8.64. The van der Waals surface area contributed by atoms with E-state index >= 15 is 0 Å². The van der Waals surface area contributed by atoms with Gasteiger partial charge in [-0.3, -0.25) is 0 Å². The van der Waals surface area contributed by atoms with Gasteiger partial charge in [0, 0.05) is 18.1 Å². The first-order valence-electron chi connectivity index (χ1n) is 7.72. The summed E-state index contributed by atoms with van der Waals surface area (Å²) in [6.07, 6.45) is 9.69. The van der Waals surface area contributed by atoms with Gasteiger partial charge < -0.3 is 15.1 Å². The molecule has 106 valence electrons. The van der Waals surface area contributed by atoms with Gasteiger partial charge in [-0.25, -0.2) is 0 Å². The van der Waals surface area contributed by atoms with E-state index in [-0.39, 0.29) is 0 Å². The highest BCUT2D eigenvalue weighted by molar-refractivity contribution is 4.97. The average Bonchev–Trinajstić information content (AvgIpc) is 2.28. The van der Waals surface area contributed by atoms with Crippen LogP contribution in [-0.2, 0) is 0 Å². The zero-order chi connectivity index (χ0) is 13.0. The van der Waals surface area contributed by atoms with E-state index in [1.807, 2.05) is 0 Å². The molecule has 18 heavy (non-hydrogen) atoms. The molecule has 0 aromatic rings. The zero-order valence-electron chi connectivity index (χ0n) is 12.5. The minimum atomic E-state index is 0.471. The second-order valence-electron chi connectivity index (χ2n) is 6.57. The predicted molar refractivity (Wildman–Crippen MR) is 78.0 cm³/mol. The van der Waals surface area contributed by atoms with E-state index in [0.717, 1.165) is 6.04 Å². The SMILES string of the molecule is CN1CCCCC1CCNCC1(N(C)C)CCC1. The molecule has 1 atom stereocenters. The van der Waals surface area contributed by atoms with E-state index in [9.17, 15) is 0 Å². The van der Waals surface area contributed by atoms with Crippen LogP contribution < -0.4 is 5.32 Å². The highest BCUT2D eigenvalue weighted by Crippen LogP contribution is 2.35. The lowest BCUT2D eigenvalue weighted by atomic mass is 9.75. The van der Waals surface area contributed by atoms with Crippen LogP contribution in [0.3, 0.4) is 0 Å². The Hall–Kier alpha value is -0.120. The number of likely N-dealkylation sites (tertiary alicyclic amines) is 1. The first-order valence-corrected chi connectivity index (χ1v) is 7.72. The van der Waals surface area contributed by atoms with Gasteiger partial charge in [-0.05, 0) is 72.8 Å². The van der Waals surface area contributed by atoms with Gasteiger partial charge in [0.2, 0.25) is 0 Å². The lowest BCUT2D eigenvalue weighted by Gasteiger charge is -2.47. The molecule has 1 saturated carbocycles. The summed E-state index contributed by atoms with van der Waals surface area (Å²) in [5.74, 6) is 0. The maximum absolute atomic E-state index is 3.71. The quantitative estimate of drug-likeness (QED) is 0.730. The monoisotopic (exact) mass is 253 g/mol. The summed E-state index contributed by atoms with van der Waals surface area (Å²) in [4.78, 5) is 4.98. The summed E-state index contributed by atoms with van der Waals surface area (Å²) in [5, 5.41) is 3.71. The van der Waals surface area contributed by atoms with Crippen LogP contribution in [0.15, 0.2) is 0 Å². The Labute approximate surface area is 113 Å². The summed E-state index contributed by atoms with van der Waals surface area (Å²) < 4.78 is 0. The molecule has 0 aromatic heterocycles. The number of hydrogen-bond donors (Lipinski definition) is 1. The third-order valence-electron chi connectivity index (χ3n) is 5.26. The van der Waals surface area contributed by atoms with Crippen molar-refractivity contribution >= 4 is 0 Å². The van der Waals surface area contributed by atoms with Crippen molar-refractivity contribution in [1.29, 1.82) is 0 Å². The van der Waals surface area contributed by atoms with E-state index in [1.54, 1.807) is 0 Å². The molecule has 0 radical (unpaired) electrons. The van der Waals surface area contributed by atoms with Crippen molar-refractivity contribution in [3.05, 3.63) is 0 Å². The van der Waals surface area contributed by atoms with Gasteiger partial charge >= 0.3 is 0 Å². The predicted octanol–water partition coefficient (Wildman–Crippen LogP) is 1.93. The Morgan fingerprint density at radius 2 is 2.00 bits per heavy atom. The Kier molecular flexibility index (Phi) is 5.05. The fourth-order valence-corrected chi connectivity index (χ4v) is 3.47. The van der Waals surface area contributed by atoms with Gasteiger partial charge in [0.15, 0.2) is 0 Å². The molecule has 0 bridgehead atoms. The topological polar surface area (TPSA) is 18.5 Å². The van der Waals surface area contributed by atoms with Crippen molar-refractivity contribution < 1.29 is 0 Å². The number of piperidine rings is 1. The van der Waals surface area contributed by atoms with Gasteiger partial charge in [0.25, 0.3) is 0 Å². The maximum Gasteiger partial charge on any atom is 0.0327 e. The number of likely N-dealkylation sites (N-methyl/N-ethyl adjacent to an activating group) is 1. The molecule has 1 N–H and O–H groups in total. The normalized spacial score (nSPS) is 28.3. The molecule has 3 heteroatoms. The van der Waals surface area contributed by atoms with Crippen LogP contribution in [0, 0.1) is 0 Å². The highest BCUT2D eigenvalue weighted by Gasteiger charge is 2.38. The molecule has 0 amide bonds. The third kappa shape index (κ3) is 3.25. The van der Waals surface area contributed by atoms with Crippen molar-refractivity contribution in [2.45, 2.75) is 56.5 Å². The Balaban J connectivity index is 1.63. The zero-order valence-corrected chi connectivity index (χ0v) is 12.5. The van der Waals surface area contributed by atoms with Crippen LogP contribution in [-0.4, -0.2) is 62.2 Å². The third-order valence-corrected chi connectivity index (χ3v) is 5.26. The average molecular weight is 253 g/mol. The maximum atomic E-state index is 3.71. The molecule has 1 heterocycles. The summed E-state index contributed by atoms with van der Waals surface area (Å²) in [5.41, 5.74) is 0.471. The standard InChI is InChI=1S/C15H31N3/c1-17(2)15(9-6-10-15)13-16-11-8-14-7-4-5-12-18(14)3/h14,16H,4-13H2,1-3H3. The lowest BCUT2D eigenvalue weighted by molar-refractivity contribution is 0.0593. The molecule has 2 rings (SSSR count). The Morgan fingerprint density at radius 3 is 2.56 bits per heavy atom. The molecule has 1 saturated heterocycles. The van der Waals surface area contributed by atoms with Crippen molar-refractivity contribution in [3.8, 4) is 0 Å². The lowest BCUT2D eigenvalue weighted by Crippen LogP contribution is -2.56. The molecule has 0 aromatic carbocycles. The Bertz CT molecular complexity index is 248. The van der Waals surface area contributed by atoms with Gasteiger partial charge in [-0.2, -0.15) is 0 Å². The number of nitrogens with one attached hydrogen (secondary N) is 1. The van der Waals surface area contributed by atoms with E-state index in [0.29, 0.717) is 5.54 Å².